The Hall–Kier alpha value is -3.10. The number of esters is 4. The first-order chi connectivity index (χ1) is 20.5. The number of carbonyl (C=O) groups is 4. The fraction of sp³-hybridized carbons (Fsp3) is 0.267. The molecule has 0 aromatic heterocycles. The number of rotatable bonds is 9. The highest BCUT2D eigenvalue weighted by atomic mass is 79.9. The van der Waals surface area contributed by atoms with Gasteiger partial charge in [-0.1, -0.05) is 47.8 Å². The second-order valence-corrected chi connectivity index (χ2v) is 12.0. The zero-order valence-electron chi connectivity index (χ0n) is 22.7. The molecule has 1 heterocycles. The summed E-state index contributed by atoms with van der Waals surface area (Å²) in [6.45, 7) is 0.820. The molecule has 0 N–H and O–H groups in total. The van der Waals surface area contributed by atoms with Gasteiger partial charge in [0.1, 0.15) is 12.7 Å². The lowest BCUT2D eigenvalue weighted by Crippen LogP contribution is -2.63. The minimum absolute atomic E-state index is 0.177. The van der Waals surface area contributed by atoms with Crippen LogP contribution < -0.4 is 0 Å². The minimum Gasteiger partial charge on any atom is -0.463 e. The van der Waals surface area contributed by atoms with Gasteiger partial charge in [-0.15, -0.1) is 0 Å². The van der Waals surface area contributed by atoms with Gasteiger partial charge in [-0.3, -0.25) is 4.79 Å². The monoisotopic (exact) mass is 782 g/mol. The van der Waals surface area contributed by atoms with Crippen LogP contribution in [-0.4, -0.2) is 68.3 Å². The summed E-state index contributed by atoms with van der Waals surface area (Å²) in [6, 6.07) is 19.1. The van der Waals surface area contributed by atoms with Gasteiger partial charge in [0.2, 0.25) is 0 Å². The van der Waals surface area contributed by atoms with Crippen LogP contribution in [0.5, 0.6) is 0 Å². The predicted octanol–water partition coefficient (Wildman–Crippen LogP) is 5.89. The summed E-state index contributed by atoms with van der Waals surface area (Å²) >= 11 is 9.97. The summed E-state index contributed by atoms with van der Waals surface area (Å²) in [7, 11) is 1.30. The average molecular weight is 785 g/mol. The molecule has 1 aliphatic heterocycles. The molecular formula is C30H25Br3O10. The van der Waals surface area contributed by atoms with E-state index in [2.05, 4.69) is 47.8 Å². The van der Waals surface area contributed by atoms with Gasteiger partial charge >= 0.3 is 23.9 Å². The lowest BCUT2D eigenvalue weighted by molar-refractivity contribution is -0.292. The van der Waals surface area contributed by atoms with E-state index in [-0.39, 0.29) is 23.3 Å². The third kappa shape index (κ3) is 8.73. The smallest absolute Gasteiger partial charge is 0.338 e. The number of methoxy groups -OCH3 is 1. The SMILES string of the molecule is CO[C@@H]1O[C@H](COC(C)=O)[C@@H](OC(=O)c2ccc(Br)cc2)[C@H](OC(=O)c2ccc(Br)cc2)[C@H]1OC(=O)c1ccc(Br)cc1. The van der Waals surface area contributed by atoms with E-state index in [0.717, 1.165) is 13.4 Å². The largest absolute Gasteiger partial charge is 0.463 e. The van der Waals surface area contributed by atoms with Crippen LogP contribution in [0.4, 0.5) is 0 Å². The first kappa shape index (κ1) is 32.8. The van der Waals surface area contributed by atoms with Crippen LogP contribution in [0.3, 0.4) is 0 Å². The zero-order valence-corrected chi connectivity index (χ0v) is 27.5. The van der Waals surface area contributed by atoms with Crippen LogP contribution in [0.1, 0.15) is 38.0 Å². The summed E-state index contributed by atoms with van der Waals surface area (Å²) in [5.41, 5.74) is 0.558. The fourth-order valence-corrected chi connectivity index (χ4v) is 4.93. The van der Waals surface area contributed by atoms with Crippen LogP contribution in [0, 0.1) is 0 Å². The second-order valence-electron chi connectivity index (χ2n) is 9.21. The van der Waals surface area contributed by atoms with E-state index < -0.39 is 54.6 Å². The highest BCUT2D eigenvalue weighted by Gasteiger charge is 2.53. The topological polar surface area (TPSA) is 124 Å². The number of hydrogen-bond acceptors (Lipinski definition) is 10. The Labute approximate surface area is 272 Å². The highest BCUT2D eigenvalue weighted by Crippen LogP contribution is 2.31. The number of ether oxygens (including phenoxy) is 6. The van der Waals surface area contributed by atoms with E-state index in [1.54, 1.807) is 36.4 Å². The van der Waals surface area contributed by atoms with Gasteiger partial charge in [0.05, 0.1) is 16.7 Å². The molecule has 13 heteroatoms. The predicted molar refractivity (Wildman–Crippen MR) is 162 cm³/mol. The quantitative estimate of drug-likeness (QED) is 0.192. The molecule has 226 valence electrons. The lowest BCUT2D eigenvalue weighted by Gasteiger charge is -2.43. The van der Waals surface area contributed by atoms with Crippen LogP contribution in [0.15, 0.2) is 86.2 Å². The molecule has 43 heavy (non-hydrogen) atoms. The molecule has 1 aliphatic rings. The standard InChI is InChI=1S/C30H25Br3O10/c1-16(34)39-15-23-24(41-27(35)17-3-9-20(31)10-4-17)25(42-28(36)18-5-11-21(32)12-6-18)26(30(38-2)40-23)43-29(37)19-7-13-22(33)14-8-19/h3-14,23-26,30H,15H2,1-2H3/t23-,24-,25+,26-,30-/m1/s1. The van der Waals surface area contributed by atoms with Gasteiger partial charge in [0, 0.05) is 27.5 Å². The molecule has 0 unspecified atom stereocenters. The number of hydrogen-bond donors (Lipinski definition) is 0. The van der Waals surface area contributed by atoms with Crippen molar-refractivity contribution in [2.75, 3.05) is 13.7 Å². The Morgan fingerprint density at radius 3 is 1.37 bits per heavy atom. The van der Waals surface area contributed by atoms with E-state index in [0.29, 0.717) is 0 Å². The van der Waals surface area contributed by atoms with E-state index in [1.165, 1.54) is 50.4 Å². The summed E-state index contributed by atoms with van der Waals surface area (Å²) in [5, 5.41) is 0. The van der Waals surface area contributed by atoms with E-state index >= 15 is 0 Å². The molecule has 0 saturated carbocycles. The van der Waals surface area contributed by atoms with Crippen molar-refractivity contribution >= 4 is 71.7 Å². The van der Waals surface area contributed by atoms with Crippen molar-refractivity contribution in [2.24, 2.45) is 0 Å². The van der Waals surface area contributed by atoms with Crippen molar-refractivity contribution < 1.29 is 47.6 Å². The maximum atomic E-state index is 13.4. The van der Waals surface area contributed by atoms with Crippen molar-refractivity contribution in [3.63, 3.8) is 0 Å². The summed E-state index contributed by atoms with van der Waals surface area (Å²) in [4.78, 5) is 51.6. The third-order valence-electron chi connectivity index (χ3n) is 6.24. The number of carbonyl (C=O) groups excluding carboxylic acids is 4. The number of halogens is 3. The van der Waals surface area contributed by atoms with Crippen molar-refractivity contribution in [3.8, 4) is 0 Å². The first-order valence-corrected chi connectivity index (χ1v) is 15.1. The molecule has 3 aromatic carbocycles. The maximum Gasteiger partial charge on any atom is 0.338 e. The molecular weight excluding hydrogens is 760 g/mol. The van der Waals surface area contributed by atoms with E-state index in [4.69, 9.17) is 28.4 Å². The van der Waals surface area contributed by atoms with Gasteiger partial charge in [0.25, 0.3) is 0 Å². The van der Waals surface area contributed by atoms with E-state index in [9.17, 15) is 19.2 Å². The van der Waals surface area contributed by atoms with Gasteiger partial charge in [-0.25, -0.2) is 14.4 Å². The van der Waals surface area contributed by atoms with E-state index in [1.807, 2.05) is 0 Å². The van der Waals surface area contributed by atoms with Crippen molar-refractivity contribution in [1.29, 1.82) is 0 Å². The number of benzene rings is 3. The third-order valence-corrected chi connectivity index (χ3v) is 7.83. The molecule has 0 bridgehead atoms. The molecule has 1 fully saturated rings. The second kappa shape index (κ2) is 15.1. The fourth-order valence-electron chi connectivity index (χ4n) is 4.14. The van der Waals surface area contributed by atoms with Crippen molar-refractivity contribution in [3.05, 3.63) is 103 Å². The molecule has 0 amide bonds. The van der Waals surface area contributed by atoms with Gasteiger partial charge in [0.15, 0.2) is 24.6 Å². The molecule has 0 radical (unpaired) electrons. The normalized spacial score (nSPS) is 21.4. The molecule has 1 saturated heterocycles. The van der Waals surface area contributed by atoms with Crippen LogP contribution in [0.25, 0.3) is 0 Å². The average Bonchev–Trinajstić information content (AvgIpc) is 2.98. The summed E-state index contributed by atoms with van der Waals surface area (Å²) in [6.07, 6.45) is -6.72. The van der Waals surface area contributed by atoms with Crippen LogP contribution in [-0.2, 0) is 33.2 Å². The maximum absolute atomic E-state index is 13.4. The summed E-state index contributed by atoms with van der Waals surface area (Å²) < 4.78 is 36.4. The molecule has 0 aliphatic carbocycles. The molecule has 3 aromatic rings. The first-order valence-electron chi connectivity index (χ1n) is 12.8. The van der Waals surface area contributed by atoms with Crippen LogP contribution in [0.2, 0.25) is 0 Å². The minimum atomic E-state index is -1.45. The van der Waals surface area contributed by atoms with Crippen LogP contribution >= 0.6 is 47.8 Å². The Bertz CT molecular complexity index is 1440. The molecule has 4 rings (SSSR count). The van der Waals surface area contributed by atoms with Crippen molar-refractivity contribution in [1.82, 2.24) is 0 Å². The van der Waals surface area contributed by atoms with Gasteiger partial charge in [-0.2, -0.15) is 0 Å². The Morgan fingerprint density at radius 1 is 0.628 bits per heavy atom. The molecule has 5 atom stereocenters. The molecule has 10 nitrogen and oxygen atoms in total. The van der Waals surface area contributed by atoms with Crippen molar-refractivity contribution in [2.45, 2.75) is 37.6 Å². The zero-order chi connectivity index (χ0) is 31.1. The lowest BCUT2D eigenvalue weighted by atomic mass is 9.97. The molecule has 0 spiro atoms. The van der Waals surface area contributed by atoms with Gasteiger partial charge < -0.3 is 28.4 Å². The van der Waals surface area contributed by atoms with Gasteiger partial charge in [-0.05, 0) is 72.8 Å². The Balaban J connectivity index is 1.73. The summed E-state index contributed by atoms with van der Waals surface area (Å²) in [5.74, 6) is -2.98. The Kier molecular flexibility index (Phi) is 11.5. The Morgan fingerprint density at radius 2 is 1.00 bits per heavy atom. The highest BCUT2D eigenvalue weighted by molar-refractivity contribution is 9.11.